The summed E-state index contributed by atoms with van der Waals surface area (Å²) in [6.07, 6.45) is 9.19. The molecule has 4 aromatic rings. The molecule has 8 nitrogen and oxygen atoms in total. The van der Waals surface area contributed by atoms with Crippen molar-refractivity contribution in [2.75, 3.05) is 6.66 Å². The van der Waals surface area contributed by atoms with E-state index >= 15 is 0 Å². The van der Waals surface area contributed by atoms with Gasteiger partial charge >= 0.3 is 11.9 Å². The van der Waals surface area contributed by atoms with Gasteiger partial charge in [0.15, 0.2) is 0 Å². The second-order valence-electron chi connectivity index (χ2n) is 9.37. The van der Waals surface area contributed by atoms with E-state index in [2.05, 4.69) is 85.6 Å². The van der Waals surface area contributed by atoms with Crippen LogP contribution in [0.15, 0.2) is 121 Å². The largest absolute Gasteiger partial charge is 0.872 e. The fraction of sp³-hybridized carbons (Fsp3) is 0.0909. The van der Waals surface area contributed by atoms with Crippen molar-refractivity contribution in [3.8, 4) is 23.0 Å². The predicted molar refractivity (Wildman–Crippen MR) is 163 cm³/mol. The summed E-state index contributed by atoms with van der Waals surface area (Å²) in [5.41, 5.74) is -0.630. The van der Waals surface area contributed by atoms with Crippen molar-refractivity contribution >= 4 is 29.8 Å². The smallest absolute Gasteiger partial charge is 0.335 e. The molecule has 0 unspecified atom stereocenters. The number of carbonyl (C=O) groups is 2. The highest BCUT2D eigenvalue weighted by Gasteiger charge is 2.41. The average Bonchev–Trinajstić information content (AvgIpc) is 2.97. The standard InChI is InChI=1S/C19H20P.C8H6O5.C6H6O3/c1-20(17-11-5-2-6-12-17,18-13-7-3-8-14-18)19-15-9-4-10-16-19;9-6-2-4(7(10)11)1-5(3-6)8(12)13;7-4-1-5(8)3-6(9)2-4/h2-9,11-15H,10,16H2,1H3;1-3,9H,(H,10,11)(H,12,13);1-3,7-9H/q+1;;/p-1. The van der Waals surface area contributed by atoms with Gasteiger partial charge in [0, 0.05) is 24.6 Å². The minimum atomic E-state index is -1.44. The lowest BCUT2D eigenvalue weighted by atomic mass is 10.1. The zero-order valence-corrected chi connectivity index (χ0v) is 23.7. The Hall–Kier alpha value is -5.07. The SMILES string of the molecule is C[P+](C1=CC=CCC1)(c1ccccc1)c1ccccc1.O=C(O)c1cc([O-])cc(C(=O)O)c1.Oc1cc(O)cc(O)c1. The van der Waals surface area contributed by atoms with Crippen molar-refractivity contribution in [1.82, 2.24) is 0 Å². The van der Waals surface area contributed by atoms with Crippen LogP contribution < -0.4 is 15.7 Å². The Morgan fingerprint density at radius 2 is 1.12 bits per heavy atom. The normalized spacial score (nSPS) is 12.1. The number of hydrogen-bond acceptors (Lipinski definition) is 6. The number of allylic oxidation sites excluding steroid dienone is 4. The number of benzene rings is 4. The van der Waals surface area contributed by atoms with Gasteiger partial charge in [0.05, 0.1) is 23.1 Å². The molecule has 0 spiro atoms. The third-order valence-electron chi connectivity index (χ3n) is 6.40. The number of aromatic carboxylic acids is 2. The van der Waals surface area contributed by atoms with Gasteiger partial charge in [-0.25, -0.2) is 9.59 Å². The maximum absolute atomic E-state index is 10.8. The van der Waals surface area contributed by atoms with Gasteiger partial charge in [-0.05, 0) is 42.8 Å². The molecule has 5 rings (SSSR count). The minimum absolute atomic E-state index is 0.146. The van der Waals surface area contributed by atoms with Gasteiger partial charge in [-0.1, -0.05) is 60.7 Å². The molecule has 0 aliphatic heterocycles. The van der Waals surface area contributed by atoms with Gasteiger partial charge in [0.1, 0.15) is 35.1 Å². The summed E-state index contributed by atoms with van der Waals surface area (Å²) in [5.74, 6) is -3.70. The summed E-state index contributed by atoms with van der Waals surface area (Å²) < 4.78 is 0. The molecule has 9 heteroatoms. The number of carboxylic acid groups (broad SMARTS) is 2. The third kappa shape index (κ3) is 8.46. The number of phenolic OH excluding ortho intramolecular Hbond substituents is 3. The molecule has 5 N–H and O–H groups in total. The van der Waals surface area contributed by atoms with Gasteiger partial charge in [-0.2, -0.15) is 0 Å². The summed E-state index contributed by atoms with van der Waals surface area (Å²) in [5, 5.41) is 58.3. The molecule has 0 saturated carbocycles. The van der Waals surface area contributed by atoms with E-state index in [0.717, 1.165) is 36.4 Å². The highest BCUT2D eigenvalue weighted by Crippen LogP contribution is 2.62. The molecular formula is C33H31O8P. The summed E-state index contributed by atoms with van der Waals surface area (Å²) in [7, 11) is -1.44. The lowest BCUT2D eigenvalue weighted by molar-refractivity contribution is -0.268. The Labute approximate surface area is 244 Å². The van der Waals surface area contributed by atoms with Gasteiger partial charge in [0.25, 0.3) is 0 Å². The van der Waals surface area contributed by atoms with Gasteiger partial charge in [0.2, 0.25) is 0 Å². The fourth-order valence-corrected chi connectivity index (χ4v) is 7.78. The van der Waals surface area contributed by atoms with Crippen LogP contribution in [-0.4, -0.2) is 44.1 Å². The molecule has 42 heavy (non-hydrogen) atoms. The summed E-state index contributed by atoms with van der Waals surface area (Å²) in [4.78, 5) is 20.8. The van der Waals surface area contributed by atoms with Gasteiger partial charge < -0.3 is 30.6 Å². The number of hydrogen-bond donors (Lipinski definition) is 5. The van der Waals surface area contributed by atoms with Crippen LogP contribution in [0, 0.1) is 0 Å². The Morgan fingerprint density at radius 3 is 1.48 bits per heavy atom. The van der Waals surface area contributed by atoms with E-state index < -0.39 is 25.0 Å². The van der Waals surface area contributed by atoms with Crippen LogP contribution in [0.2, 0.25) is 0 Å². The fourth-order valence-electron chi connectivity index (χ4n) is 4.32. The molecule has 0 fully saturated rings. The quantitative estimate of drug-likeness (QED) is 0.192. The molecule has 1 aliphatic rings. The maximum atomic E-state index is 10.8. The maximum Gasteiger partial charge on any atom is 0.335 e. The summed E-state index contributed by atoms with van der Waals surface area (Å²) in [6, 6.07) is 28.1. The van der Waals surface area contributed by atoms with E-state index in [1.807, 2.05) is 0 Å². The van der Waals surface area contributed by atoms with E-state index in [4.69, 9.17) is 25.5 Å². The molecule has 0 atom stereocenters. The second-order valence-corrected chi connectivity index (χ2v) is 13.0. The molecule has 1 aliphatic carbocycles. The lowest BCUT2D eigenvalue weighted by Crippen LogP contribution is -2.23. The third-order valence-corrected chi connectivity index (χ3v) is 10.6. The van der Waals surface area contributed by atoms with Crippen LogP contribution in [0.25, 0.3) is 0 Å². The first kappa shape index (κ1) is 31.5. The average molecular weight is 587 g/mol. The van der Waals surface area contributed by atoms with Crippen molar-refractivity contribution in [3.05, 3.63) is 132 Å². The van der Waals surface area contributed by atoms with Crippen LogP contribution in [0.5, 0.6) is 23.0 Å². The zero-order valence-electron chi connectivity index (χ0n) is 22.8. The van der Waals surface area contributed by atoms with E-state index in [-0.39, 0.29) is 28.4 Å². The number of phenols is 3. The minimum Gasteiger partial charge on any atom is -0.872 e. The Kier molecular flexibility index (Phi) is 10.9. The lowest BCUT2D eigenvalue weighted by Gasteiger charge is -2.26. The van der Waals surface area contributed by atoms with Gasteiger partial charge in [-0.15, -0.1) is 5.75 Å². The number of aromatic hydroxyl groups is 3. The number of rotatable bonds is 5. The summed E-state index contributed by atoms with van der Waals surface area (Å²) in [6.45, 7) is 2.46. The molecule has 0 aromatic heterocycles. The molecule has 4 aromatic carbocycles. The van der Waals surface area contributed by atoms with E-state index in [0.29, 0.717) is 0 Å². The first-order valence-corrected chi connectivity index (χ1v) is 15.1. The molecule has 0 heterocycles. The van der Waals surface area contributed by atoms with Crippen molar-refractivity contribution in [2.24, 2.45) is 0 Å². The first-order chi connectivity index (χ1) is 20.0. The monoisotopic (exact) mass is 586 g/mol. The highest BCUT2D eigenvalue weighted by atomic mass is 31.2. The predicted octanol–water partition coefficient (Wildman–Crippen LogP) is 5.48. The topological polar surface area (TPSA) is 158 Å². The molecular weight excluding hydrogens is 555 g/mol. The first-order valence-electron chi connectivity index (χ1n) is 12.9. The Bertz CT molecular complexity index is 1460. The van der Waals surface area contributed by atoms with Gasteiger partial charge in [-0.3, -0.25) is 0 Å². The summed E-state index contributed by atoms with van der Waals surface area (Å²) >= 11 is 0. The van der Waals surface area contributed by atoms with Crippen LogP contribution in [0.4, 0.5) is 0 Å². The van der Waals surface area contributed by atoms with Crippen molar-refractivity contribution in [1.29, 1.82) is 0 Å². The molecule has 0 bridgehead atoms. The van der Waals surface area contributed by atoms with Crippen molar-refractivity contribution < 1.29 is 40.2 Å². The van der Waals surface area contributed by atoms with Crippen molar-refractivity contribution in [2.45, 2.75) is 12.8 Å². The van der Waals surface area contributed by atoms with E-state index in [1.54, 1.807) is 5.31 Å². The van der Waals surface area contributed by atoms with E-state index in [9.17, 15) is 14.7 Å². The molecule has 0 radical (unpaired) electrons. The number of carboxylic acids is 2. The zero-order chi connectivity index (χ0) is 30.7. The van der Waals surface area contributed by atoms with Crippen LogP contribution in [-0.2, 0) is 0 Å². The Morgan fingerprint density at radius 1 is 0.690 bits per heavy atom. The van der Waals surface area contributed by atoms with E-state index in [1.165, 1.54) is 23.5 Å². The Balaban J connectivity index is 0.000000189. The highest BCUT2D eigenvalue weighted by molar-refractivity contribution is 7.92. The van der Waals surface area contributed by atoms with Crippen LogP contribution in [0.1, 0.15) is 33.6 Å². The van der Waals surface area contributed by atoms with Crippen LogP contribution >= 0.6 is 7.26 Å². The molecule has 0 saturated heterocycles. The molecule has 216 valence electrons. The second kappa shape index (κ2) is 14.5. The van der Waals surface area contributed by atoms with Crippen LogP contribution in [0.3, 0.4) is 0 Å². The molecule has 0 amide bonds. The van der Waals surface area contributed by atoms with Crippen molar-refractivity contribution in [3.63, 3.8) is 0 Å².